The van der Waals surface area contributed by atoms with Gasteiger partial charge in [-0.15, -0.1) is 5.10 Å². The minimum absolute atomic E-state index is 0.242. The van der Waals surface area contributed by atoms with Crippen LogP contribution >= 0.6 is 22.6 Å². The molecule has 0 saturated heterocycles. The molecule has 0 atom stereocenters. The van der Waals surface area contributed by atoms with E-state index < -0.39 is 0 Å². The Morgan fingerprint density at radius 3 is 2.62 bits per heavy atom. The Kier molecular flexibility index (Phi) is 3.78. The summed E-state index contributed by atoms with van der Waals surface area (Å²) < 4.78 is 15.2. The van der Waals surface area contributed by atoms with Crippen molar-refractivity contribution in [2.75, 3.05) is 0 Å². The molecule has 0 radical (unpaired) electrons. The Bertz CT molecular complexity index is 802. The first-order valence-corrected chi connectivity index (χ1v) is 7.20. The molecule has 104 valence electrons. The van der Waals surface area contributed by atoms with Crippen LogP contribution in [-0.2, 0) is 0 Å². The maximum absolute atomic E-state index is 13.2. The minimum atomic E-state index is -0.370. The van der Waals surface area contributed by atoms with Crippen LogP contribution in [-0.4, -0.2) is 20.8 Å². The van der Waals surface area contributed by atoms with Crippen molar-refractivity contribution in [3.63, 3.8) is 0 Å². The highest BCUT2D eigenvalue weighted by molar-refractivity contribution is 14.1. The summed E-state index contributed by atoms with van der Waals surface area (Å²) in [6.07, 6.45) is 1.41. The van der Waals surface area contributed by atoms with Crippen molar-refractivity contribution in [1.29, 1.82) is 0 Å². The quantitative estimate of drug-likeness (QED) is 0.507. The topological polar surface area (TPSA) is 47.8 Å². The number of carbonyl (C=O) groups is 1. The van der Waals surface area contributed by atoms with Crippen molar-refractivity contribution in [2.24, 2.45) is 0 Å². The maximum Gasteiger partial charge on any atom is 0.214 e. The van der Waals surface area contributed by atoms with Gasteiger partial charge in [0.15, 0.2) is 0 Å². The standard InChI is InChI=1S/C15H9FIN3O/c16-10-6-7-12(13(17)8-10)15(21)14-9-18-19-20(14)11-4-2-1-3-5-11/h1-9H. The number of hydrogen-bond donors (Lipinski definition) is 0. The number of aromatic nitrogens is 3. The molecule has 0 aliphatic rings. The first kappa shape index (κ1) is 13.9. The van der Waals surface area contributed by atoms with Gasteiger partial charge in [-0.1, -0.05) is 23.4 Å². The molecule has 0 fully saturated rings. The van der Waals surface area contributed by atoms with Crippen molar-refractivity contribution in [3.05, 3.63) is 75.4 Å². The SMILES string of the molecule is O=C(c1ccc(F)cc1I)c1cnnn1-c1ccccc1. The number of ketones is 1. The number of nitrogens with zero attached hydrogens (tertiary/aromatic N) is 3. The van der Waals surface area contributed by atoms with Gasteiger partial charge in [0.25, 0.3) is 0 Å². The lowest BCUT2D eigenvalue weighted by atomic mass is 10.1. The zero-order valence-corrected chi connectivity index (χ0v) is 12.9. The molecule has 0 unspecified atom stereocenters. The molecule has 3 rings (SSSR count). The highest BCUT2D eigenvalue weighted by Gasteiger charge is 2.19. The monoisotopic (exact) mass is 393 g/mol. The van der Waals surface area contributed by atoms with Gasteiger partial charge in [0.05, 0.1) is 11.9 Å². The third kappa shape index (κ3) is 2.71. The molecule has 3 aromatic rings. The van der Waals surface area contributed by atoms with Gasteiger partial charge < -0.3 is 0 Å². The molecular formula is C15H9FIN3O. The fraction of sp³-hybridized carbons (Fsp3) is 0. The second-order valence-electron chi connectivity index (χ2n) is 4.32. The van der Waals surface area contributed by atoms with Crippen LogP contribution in [0.25, 0.3) is 5.69 Å². The zero-order valence-electron chi connectivity index (χ0n) is 10.7. The van der Waals surface area contributed by atoms with E-state index in [1.165, 1.54) is 29.1 Å². The Hall–Kier alpha value is -2.09. The lowest BCUT2D eigenvalue weighted by molar-refractivity contribution is 0.103. The molecule has 0 bridgehead atoms. The van der Waals surface area contributed by atoms with Crippen LogP contribution in [0.2, 0.25) is 0 Å². The zero-order chi connectivity index (χ0) is 14.8. The predicted octanol–water partition coefficient (Wildman–Crippen LogP) is 3.24. The summed E-state index contributed by atoms with van der Waals surface area (Å²) in [7, 11) is 0. The third-order valence-corrected chi connectivity index (χ3v) is 3.85. The lowest BCUT2D eigenvalue weighted by Crippen LogP contribution is -2.11. The highest BCUT2D eigenvalue weighted by Crippen LogP contribution is 2.19. The third-order valence-electron chi connectivity index (χ3n) is 2.96. The van der Waals surface area contributed by atoms with E-state index in [9.17, 15) is 9.18 Å². The second-order valence-corrected chi connectivity index (χ2v) is 5.48. The number of hydrogen-bond acceptors (Lipinski definition) is 3. The van der Waals surface area contributed by atoms with E-state index in [2.05, 4.69) is 10.3 Å². The normalized spacial score (nSPS) is 10.6. The number of halogens is 2. The smallest absolute Gasteiger partial charge is 0.214 e. The van der Waals surface area contributed by atoms with E-state index in [1.807, 2.05) is 52.9 Å². The molecule has 0 saturated carbocycles. The summed E-state index contributed by atoms with van der Waals surface area (Å²) in [5.41, 5.74) is 1.51. The van der Waals surface area contributed by atoms with Crippen molar-refractivity contribution >= 4 is 28.4 Å². The molecule has 0 aliphatic carbocycles. The summed E-state index contributed by atoms with van der Waals surface area (Å²) in [5.74, 6) is -0.612. The largest absolute Gasteiger partial charge is 0.287 e. The van der Waals surface area contributed by atoms with E-state index in [4.69, 9.17) is 0 Å². The predicted molar refractivity (Wildman–Crippen MR) is 83.9 cm³/mol. The van der Waals surface area contributed by atoms with Gasteiger partial charge in [0.2, 0.25) is 5.78 Å². The molecule has 1 heterocycles. The average molecular weight is 393 g/mol. The van der Waals surface area contributed by atoms with Gasteiger partial charge in [0, 0.05) is 9.13 Å². The average Bonchev–Trinajstić information content (AvgIpc) is 2.97. The second kappa shape index (κ2) is 5.72. The van der Waals surface area contributed by atoms with Gasteiger partial charge >= 0.3 is 0 Å². The van der Waals surface area contributed by atoms with Gasteiger partial charge in [-0.05, 0) is 52.9 Å². The lowest BCUT2D eigenvalue weighted by Gasteiger charge is -2.06. The van der Waals surface area contributed by atoms with E-state index in [1.54, 1.807) is 0 Å². The molecule has 0 N–H and O–H groups in total. The molecule has 21 heavy (non-hydrogen) atoms. The number of para-hydroxylation sites is 1. The summed E-state index contributed by atoms with van der Waals surface area (Å²) in [6.45, 7) is 0. The summed E-state index contributed by atoms with van der Waals surface area (Å²) in [4.78, 5) is 12.6. The molecule has 4 nitrogen and oxygen atoms in total. The Balaban J connectivity index is 2.06. The summed E-state index contributed by atoms with van der Waals surface area (Å²) in [6, 6.07) is 13.3. The number of carbonyl (C=O) groups excluding carboxylic acids is 1. The van der Waals surface area contributed by atoms with Crippen molar-refractivity contribution in [2.45, 2.75) is 0 Å². The highest BCUT2D eigenvalue weighted by atomic mass is 127. The molecule has 1 aromatic heterocycles. The van der Waals surface area contributed by atoms with Crippen LogP contribution in [0.5, 0.6) is 0 Å². The summed E-state index contributed by atoms with van der Waals surface area (Å²) >= 11 is 1.94. The van der Waals surface area contributed by atoms with E-state index in [-0.39, 0.29) is 11.6 Å². The fourth-order valence-corrected chi connectivity index (χ4v) is 2.68. The van der Waals surface area contributed by atoms with Crippen LogP contribution in [0.3, 0.4) is 0 Å². The molecule has 0 spiro atoms. The molecule has 6 heteroatoms. The van der Waals surface area contributed by atoms with Crippen LogP contribution in [0.15, 0.2) is 54.7 Å². The number of benzene rings is 2. The maximum atomic E-state index is 13.2. The Morgan fingerprint density at radius 1 is 1.14 bits per heavy atom. The summed E-state index contributed by atoms with van der Waals surface area (Å²) in [5, 5.41) is 7.76. The van der Waals surface area contributed by atoms with Crippen LogP contribution in [0.1, 0.15) is 16.1 Å². The van der Waals surface area contributed by atoms with Crippen molar-refractivity contribution < 1.29 is 9.18 Å². The molecule has 2 aromatic carbocycles. The first-order chi connectivity index (χ1) is 10.2. The van der Waals surface area contributed by atoms with Gasteiger partial charge in [0.1, 0.15) is 11.5 Å². The molecule has 0 aliphatic heterocycles. The van der Waals surface area contributed by atoms with Crippen LogP contribution < -0.4 is 0 Å². The van der Waals surface area contributed by atoms with Gasteiger partial charge in [-0.25, -0.2) is 9.07 Å². The Morgan fingerprint density at radius 2 is 1.90 bits per heavy atom. The van der Waals surface area contributed by atoms with Crippen LogP contribution in [0.4, 0.5) is 4.39 Å². The number of rotatable bonds is 3. The van der Waals surface area contributed by atoms with E-state index in [0.717, 1.165) is 5.69 Å². The molecule has 0 amide bonds. The van der Waals surface area contributed by atoms with Crippen LogP contribution in [0, 0.1) is 9.39 Å². The fourth-order valence-electron chi connectivity index (χ4n) is 1.96. The first-order valence-electron chi connectivity index (χ1n) is 6.12. The Labute approximate surface area is 133 Å². The van der Waals surface area contributed by atoms with Gasteiger partial charge in [-0.3, -0.25) is 4.79 Å². The minimum Gasteiger partial charge on any atom is -0.287 e. The van der Waals surface area contributed by atoms with E-state index >= 15 is 0 Å². The molecular weight excluding hydrogens is 384 g/mol. The van der Waals surface area contributed by atoms with Crippen molar-refractivity contribution in [1.82, 2.24) is 15.0 Å². The van der Waals surface area contributed by atoms with E-state index in [0.29, 0.717) is 14.8 Å². The van der Waals surface area contributed by atoms with Crippen molar-refractivity contribution in [3.8, 4) is 5.69 Å². The van der Waals surface area contributed by atoms with Gasteiger partial charge in [-0.2, -0.15) is 0 Å².